The lowest BCUT2D eigenvalue weighted by atomic mass is 10.1. The summed E-state index contributed by atoms with van der Waals surface area (Å²) >= 11 is 0. The Morgan fingerprint density at radius 2 is 1.55 bits per heavy atom. The molecule has 1 aromatic heterocycles. The molecule has 10 nitrogen and oxygen atoms in total. The zero-order valence-electron chi connectivity index (χ0n) is 18.9. The number of ether oxygens (including phenoxy) is 3. The van der Waals surface area contributed by atoms with Gasteiger partial charge in [-0.3, -0.25) is 25.2 Å². The fourth-order valence-corrected chi connectivity index (χ4v) is 3.32. The average molecular weight is 454 g/mol. The van der Waals surface area contributed by atoms with E-state index in [-0.39, 0.29) is 16.8 Å². The van der Waals surface area contributed by atoms with Gasteiger partial charge in [0.2, 0.25) is 5.75 Å². The summed E-state index contributed by atoms with van der Waals surface area (Å²) in [4.78, 5) is 38.3. The van der Waals surface area contributed by atoms with Gasteiger partial charge in [-0.25, -0.2) is 4.68 Å². The van der Waals surface area contributed by atoms with Crippen molar-refractivity contribution in [3.05, 3.63) is 58.0 Å². The first-order chi connectivity index (χ1) is 15.9. The van der Waals surface area contributed by atoms with Crippen molar-refractivity contribution in [1.29, 1.82) is 0 Å². The zero-order chi connectivity index (χ0) is 24.0. The molecule has 0 aliphatic heterocycles. The highest BCUT2D eigenvalue weighted by atomic mass is 16.5. The second-order valence-corrected chi connectivity index (χ2v) is 7.10. The van der Waals surface area contributed by atoms with E-state index in [0.29, 0.717) is 34.6 Å². The van der Waals surface area contributed by atoms with Gasteiger partial charge in [-0.1, -0.05) is 31.5 Å². The highest BCUT2D eigenvalue weighted by Crippen LogP contribution is 2.38. The minimum absolute atomic E-state index is 0.0338. The number of benzene rings is 2. The van der Waals surface area contributed by atoms with Crippen molar-refractivity contribution in [3.63, 3.8) is 0 Å². The predicted octanol–water partition coefficient (Wildman–Crippen LogP) is 2.30. The van der Waals surface area contributed by atoms with Crippen molar-refractivity contribution in [1.82, 2.24) is 20.6 Å². The fraction of sp³-hybridized carbons (Fsp3) is 0.304. The molecule has 2 aromatic carbocycles. The number of hydrogen-bond acceptors (Lipinski definition) is 7. The molecule has 0 bridgehead atoms. The lowest BCUT2D eigenvalue weighted by Gasteiger charge is -2.14. The van der Waals surface area contributed by atoms with Crippen molar-refractivity contribution in [3.8, 4) is 17.2 Å². The second kappa shape index (κ2) is 10.5. The summed E-state index contributed by atoms with van der Waals surface area (Å²) < 4.78 is 17.0. The maximum absolute atomic E-state index is 12.9. The van der Waals surface area contributed by atoms with Gasteiger partial charge in [0.15, 0.2) is 17.2 Å². The van der Waals surface area contributed by atoms with Crippen LogP contribution in [0.25, 0.3) is 10.8 Å². The van der Waals surface area contributed by atoms with Crippen LogP contribution in [-0.4, -0.2) is 42.9 Å². The SMILES string of the molecule is CCCCn1nc(C(=O)NNC(=O)c2cc(OC)c(OC)c(OC)c2)c2ccccc2c1=O. The molecule has 1 heterocycles. The second-order valence-electron chi connectivity index (χ2n) is 7.10. The largest absolute Gasteiger partial charge is 0.493 e. The van der Waals surface area contributed by atoms with E-state index in [1.165, 1.54) is 38.1 Å². The van der Waals surface area contributed by atoms with Gasteiger partial charge in [0.05, 0.1) is 26.7 Å². The first kappa shape index (κ1) is 23.6. The Kier molecular flexibility index (Phi) is 7.50. The quantitative estimate of drug-likeness (QED) is 0.501. The summed E-state index contributed by atoms with van der Waals surface area (Å²) in [5.41, 5.74) is 4.67. The number of aromatic nitrogens is 2. The number of unbranched alkanes of at least 4 members (excludes halogenated alkanes) is 1. The van der Waals surface area contributed by atoms with E-state index in [1.54, 1.807) is 24.3 Å². The van der Waals surface area contributed by atoms with Crippen molar-refractivity contribution < 1.29 is 23.8 Å². The normalized spacial score (nSPS) is 10.5. The molecule has 0 aliphatic carbocycles. The monoisotopic (exact) mass is 454 g/mol. The molecule has 174 valence electrons. The van der Waals surface area contributed by atoms with E-state index < -0.39 is 11.8 Å². The number of hydrazine groups is 1. The van der Waals surface area contributed by atoms with Gasteiger partial charge in [0.1, 0.15) is 0 Å². The van der Waals surface area contributed by atoms with E-state index in [4.69, 9.17) is 14.2 Å². The summed E-state index contributed by atoms with van der Waals surface area (Å²) in [6.07, 6.45) is 1.61. The smallest absolute Gasteiger partial charge is 0.290 e. The molecular weight excluding hydrogens is 428 g/mol. The molecule has 3 rings (SSSR count). The fourth-order valence-electron chi connectivity index (χ4n) is 3.32. The molecule has 0 saturated heterocycles. The van der Waals surface area contributed by atoms with Crippen molar-refractivity contribution in [2.45, 2.75) is 26.3 Å². The molecule has 0 radical (unpaired) electrons. The average Bonchev–Trinajstić information content (AvgIpc) is 2.85. The van der Waals surface area contributed by atoms with Gasteiger partial charge >= 0.3 is 0 Å². The summed E-state index contributed by atoms with van der Waals surface area (Å²) in [5.74, 6) is -0.331. The molecule has 2 amide bonds. The number of nitrogens with one attached hydrogen (secondary N) is 2. The summed E-state index contributed by atoms with van der Waals surface area (Å²) in [5, 5.41) is 5.03. The first-order valence-electron chi connectivity index (χ1n) is 10.4. The Morgan fingerprint density at radius 3 is 2.12 bits per heavy atom. The Bertz CT molecular complexity index is 1210. The van der Waals surface area contributed by atoms with Gasteiger partial charge in [-0.05, 0) is 24.6 Å². The molecule has 10 heteroatoms. The van der Waals surface area contributed by atoms with E-state index in [2.05, 4.69) is 16.0 Å². The Balaban J connectivity index is 1.87. The van der Waals surface area contributed by atoms with Gasteiger partial charge in [-0.2, -0.15) is 5.10 Å². The molecule has 0 atom stereocenters. The van der Waals surface area contributed by atoms with E-state index >= 15 is 0 Å². The number of hydrogen-bond donors (Lipinski definition) is 2. The van der Waals surface area contributed by atoms with Crippen LogP contribution in [0.3, 0.4) is 0 Å². The standard InChI is InChI=1S/C23H26N4O6/c1-5-6-11-27-23(30)16-10-8-7-9-15(16)19(26-27)22(29)25-24-21(28)14-12-17(31-2)20(33-4)18(13-14)32-3/h7-10,12-13H,5-6,11H2,1-4H3,(H,24,28)(H,25,29). The topological polar surface area (TPSA) is 121 Å². The van der Waals surface area contributed by atoms with Crippen LogP contribution in [0.1, 0.15) is 40.6 Å². The summed E-state index contributed by atoms with van der Waals surface area (Å²) in [6.45, 7) is 2.39. The maximum Gasteiger partial charge on any atom is 0.290 e. The van der Waals surface area contributed by atoms with Crippen LogP contribution >= 0.6 is 0 Å². The van der Waals surface area contributed by atoms with Crippen LogP contribution in [0.15, 0.2) is 41.2 Å². The number of nitrogens with zero attached hydrogens (tertiary/aromatic N) is 2. The van der Waals surface area contributed by atoms with Crippen LogP contribution in [0.5, 0.6) is 17.2 Å². The number of rotatable bonds is 8. The zero-order valence-corrected chi connectivity index (χ0v) is 18.9. The molecule has 0 aliphatic rings. The molecule has 3 aromatic rings. The van der Waals surface area contributed by atoms with Crippen LogP contribution in [-0.2, 0) is 6.54 Å². The number of methoxy groups -OCH3 is 3. The summed E-state index contributed by atoms with van der Waals surface area (Å²) in [6, 6.07) is 9.65. The van der Waals surface area contributed by atoms with Crippen LogP contribution in [0.2, 0.25) is 0 Å². The Hall–Kier alpha value is -4.08. The van der Waals surface area contributed by atoms with Gasteiger partial charge in [-0.15, -0.1) is 0 Å². The minimum Gasteiger partial charge on any atom is -0.493 e. The maximum atomic E-state index is 12.9. The third kappa shape index (κ3) is 4.89. The van der Waals surface area contributed by atoms with Gasteiger partial charge in [0.25, 0.3) is 17.4 Å². The van der Waals surface area contributed by atoms with Crippen LogP contribution < -0.4 is 30.6 Å². The third-order valence-corrected chi connectivity index (χ3v) is 5.02. The lowest BCUT2D eigenvalue weighted by Crippen LogP contribution is -2.42. The number of carbonyl (C=O) groups excluding carboxylic acids is 2. The van der Waals surface area contributed by atoms with Crippen molar-refractivity contribution >= 4 is 22.6 Å². The van der Waals surface area contributed by atoms with Gasteiger partial charge in [0, 0.05) is 17.5 Å². The third-order valence-electron chi connectivity index (χ3n) is 5.02. The van der Waals surface area contributed by atoms with Crippen molar-refractivity contribution in [2.24, 2.45) is 0 Å². The Labute approximate surface area is 190 Å². The van der Waals surface area contributed by atoms with Crippen LogP contribution in [0, 0.1) is 0 Å². The van der Waals surface area contributed by atoms with Crippen molar-refractivity contribution in [2.75, 3.05) is 21.3 Å². The molecule has 0 spiro atoms. The number of carbonyl (C=O) groups is 2. The molecule has 0 unspecified atom stereocenters. The highest BCUT2D eigenvalue weighted by Gasteiger charge is 2.20. The minimum atomic E-state index is -0.655. The lowest BCUT2D eigenvalue weighted by molar-refractivity contribution is 0.0843. The highest BCUT2D eigenvalue weighted by molar-refractivity contribution is 6.06. The summed E-state index contributed by atoms with van der Waals surface area (Å²) in [7, 11) is 4.33. The van der Waals surface area contributed by atoms with E-state index in [0.717, 1.165) is 12.8 Å². The van der Waals surface area contributed by atoms with E-state index in [1.807, 2.05) is 6.92 Å². The molecular formula is C23H26N4O6. The molecule has 33 heavy (non-hydrogen) atoms. The number of amides is 2. The van der Waals surface area contributed by atoms with Crippen LogP contribution in [0.4, 0.5) is 0 Å². The Morgan fingerprint density at radius 1 is 0.939 bits per heavy atom. The number of aryl methyl sites for hydroxylation is 1. The predicted molar refractivity (Wildman–Crippen MR) is 122 cm³/mol. The van der Waals surface area contributed by atoms with Gasteiger partial charge < -0.3 is 14.2 Å². The molecule has 0 saturated carbocycles. The molecule has 2 N–H and O–H groups in total. The van der Waals surface area contributed by atoms with E-state index in [9.17, 15) is 14.4 Å². The molecule has 0 fully saturated rings. The number of fused-ring (bicyclic) bond motifs is 1. The first-order valence-corrected chi connectivity index (χ1v) is 10.4.